The van der Waals surface area contributed by atoms with E-state index < -0.39 is 0 Å². The largest absolute Gasteiger partial charge is 0.378 e. The highest BCUT2D eigenvalue weighted by Gasteiger charge is 2.28. The molecule has 4 rings (SSSR count). The van der Waals surface area contributed by atoms with Crippen molar-refractivity contribution in [1.82, 2.24) is 15.2 Å². The van der Waals surface area contributed by atoms with Crippen molar-refractivity contribution in [2.45, 2.75) is 38.5 Å². The number of likely N-dealkylation sites (tertiary alicyclic amines) is 1. The average molecular weight is 379 g/mol. The maximum Gasteiger partial charge on any atom is 0.223 e. The van der Waals surface area contributed by atoms with E-state index in [0.717, 1.165) is 69.5 Å². The maximum absolute atomic E-state index is 12.6. The van der Waals surface area contributed by atoms with Crippen LogP contribution in [0.3, 0.4) is 0 Å². The van der Waals surface area contributed by atoms with Crippen LogP contribution in [0.4, 0.5) is 5.13 Å². The Bertz CT molecular complexity index is 609. The fraction of sp³-hybridized carbons (Fsp3) is 0.789. The number of nitrogens with zero attached hydrogens (tertiary/aromatic N) is 3. The summed E-state index contributed by atoms with van der Waals surface area (Å²) >= 11 is 1.81. The van der Waals surface area contributed by atoms with E-state index in [-0.39, 0.29) is 11.8 Å². The molecule has 0 bridgehead atoms. The minimum atomic E-state index is 0.0866. The second-order valence-corrected chi connectivity index (χ2v) is 8.66. The minimum absolute atomic E-state index is 0.0866. The van der Waals surface area contributed by atoms with E-state index in [9.17, 15) is 4.79 Å². The van der Waals surface area contributed by atoms with Crippen molar-refractivity contribution >= 4 is 22.4 Å². The van der Waals surface area contributed by atoms with Gasteiger partial charge in [-0.05, 0) is 38.8 Å². The molecular formula is C19H30N4O2S. The monoisotopic (exact) mass is 378 g/mol. The molecular weight excluding hydrogens is 348 g/mol. The number of anilines is 1. The van der Waals surface area contributed by atoms with E-state index in [4.69, 9.17) is 9.72 Å². The van der Waals surface area contributed by atoms with Crippen LogP contribution in [0.15, 0.2) is 0 Å². The Hall–Kier alpha value is -1.18. The average Bonchev–Trinajstić information content (AvgIpc) is 3.13. The summed E-state index contributed by atoms with van der Waals surface area (Å²) in [6.07, 6.45) is 6.69. The van der Waals surface area contributed by atoms with E-state index in [1.54, 1.807) is 0 Å². The quantitative estimate of drug-likeness (QED) is 0.845. The number of carbonyl (C=O) groups excluding carboxylic acids is 1. The number of hydrogen-bond acceptors (Lipinski definition) is 6. The molecule has 0 radical (unpaired) electrons. The standard InChI is InChI=1S/C19H30N4O2S/c24-18(20-6-9-22-7-2-1-3-8-22)15-4-5-17-16(14-15)21-19(26-17)23-10-12-25-13-11-23/h15H,1-14H2,(H,20,24). The van der Waals surface area contributed by atoms with E-state index in [2.05, 4.69) is 15.1 Å². The predicted molar refractivity (Wildman–Crippen MR) is 104 cm³/mol. The predicted octanol–water partition coefficient (Wildman–Crippen LogP) is 1.69. The summed E-state index contributed by atoms with van der Waals surface area (Å²) in [5.41, 5.74) is 1.15. The number of hydrogen-bond donors (Lipinski definition) is 1. The molecule has 1 unspecified atom stereocenters. The van der Waals surface area contributed by atoms with Crippen LogP contribution in [0, 0.1) is 5.92 Å². The zero-order valence-corrected chi connectivity index (χ0v) is 16.4. The number of aryl methyl sites for hydroxylation is 1. The van der Waals surface area contributed by atoms with Crippen molar-refractivity contribution in [3.05, 3.63) is 10.6 Å². The van der Waals surface area contributed by atoms with Gasteiger partial charge in [0, 0.05) is 43.4 Å². The van der Waals surface area contributed by atoms with Gasteiger partial charge in [-0.1, -0.05) is 6.42 Å². The highest BCUT2D eigenvalue weighted by atomic mass is 32.1. The third-order valence-electron chi connectivity index (χ3n) is 5.75. The van der Waals surface area contributed by atoms with Gasteiger partial charge >= 0.3 is 0 Å². The SMILES string of the molecule is O=C(NCCN1CCCCC1)C1CCc2sc(N3CCOCC3)nc2C1. The fourth-order valence-corrected chi connectivity index (χ4v) is 5.30. The summed E-state index contributed by atoms with van der Waals surface area (Å²) in [6.45, 7) is 7.55. The van der Waals surface area contributed by atoms with Crippen LogP contribution in [0.2, 0.25) is 0 Å². The molecule has 1 aromatic rings. The molecule has 1 N–H and O–H groups in total. The number of piperidine rings is 1. The molecule has 1 atom stereocenters. The van der Waals surface area contributed by atoms with E-state index >= 15 is 0 Å². The fourth-order valence-electron chi connectivity index (χ4n) is 4.14. The number of carbonyl (C=O) groups is 1. The van der Waals surface area contributed by atoms with Gasteiger partial charge in [-0.3, -0.25) is 4.79 Å². The van der Waals surface area contributed by atoms with E-state index in [0.29, 0.717) is 0 Å². The topological polar surface area (TPSA) is 57.7 Å². The number of fused-ring (bicyclic) bond motifs is 1. The Morgan fingerprint density at radius 2 is 2.00 bits per heavy atom. The molecule has 0 aromatic carbocycles. The Kier molecular flexibility index (Phi) is 6.07. The van der Waals surface area contributed by atoms with Gasteiger partial charge in [0.25, 0.3) is 0 Å². The van der Waals surface area contributed by atoms with Gasteiger partial charge in [-0.2, -0.15) is 0 Å². The van der Waals surface area contributed by atoms with Gasteiger partial charge in [0.15, 0.2) is 5.13 Å². The number of ether oxygens (including phenoxy) is 1. The molecule has 0 spiro atoms. The van der Waals surface area contributed by atoms with E-state index in [1.807, 2.05) is 11.3 Å². The minimum Gasteiger partial charge on any atom is -0.378 e. The Balaban J connectivity index is 1.27. The molecule has 6 nitrogen and oxygen atoms in total. The summed E-state index contributed by atoms with van der Waals surface area (Å²) in [5.74, 6) is 0.303. The van der Waals surface area contributed by atoms with Crippen molar-refractivity contribution in [2.24, 2.45) is 5.92 Å². The van der Waals surface area contributed by atoms with Gasteiger partial charge in [-0.15, -0.1) is 11.3 Å². The third kappa shape index (κ3) is 4.38. The van der Waals surface area contributed by atoms with E-state index in [1.165, 1.54) is 37.2 Å². The van der Waals surface area contributed by atoms with Crippen molar-refractivity contribution in [3.8, 4) is 0 Å². The summed E-state index contributed by atoms with van der Waals surface area (Å²) in [7, 11) is 0. The van der Waals surface area contributed by atoms with Gasteiger partial charge in [0.2, 0.25) is 5.91 Å². The first kappa shape index (κ1) is 18.2. The Labute approximate surface area is 159 Å². The van der Waals surface area contributed by atoms with Crippen LogP contribution in [-0.2, 0) is 22.4 Å². The lowest BCUT2D eigenvalue weighted by Gasteiger charge is -2.27. The smallest absolute Gasteiger partial charge is 0.223 e. The number of thiazole rings is 1. The highest BCUT2D eigenvalue weighted by molar-refractivity contribution is 7.15. The number of aromatic nitrogens is 1. The Morgan fingerprint density at radius 3 is 2.81 bits per heavy atom. The summed E-state index contributed by atoms with van der Waals surface area (Å²) in [5, 5.41) is 4.28. The lowest BCUT2D eigenvalue weighted by Crippen LogP contribution is -2.40. The van der Waals surface area contributed by atoms with Crippen molar-refractivity contribution in [1.29, 1.82) is 0 Å². The molecule has 26 heavy (non-hydrogen) atoms. The normalized spacial score (nSPS) is 24.3. The van der Waals surface area contributed by atoms with Crippen molar-refractivity contribution < 1.29 is 9.53 Å². The first-order valence-electron chi connectivity index (χ1n) is 10.1. The highest BCUT2D eigenvalue weighted by Crippen LogP contribution is 2.34. The number of amides is 1. The molecule has 1 amide bonds. The molecule has 1 aromatic heterocycles. The van der Waals surface area contributed by atoms with Crippen molar-refractivity contribution in [3.63, 3.8) is 0 Å². The van der Waals surface area contributed by atoms with Gasteiger partial charge in [0.1, 0.15) is 0 Å². The third-order valence-corrected chi connectivity index (χ3v) is 6.97. The Morgan fingerprint density at radius 1 is 1.19 bits per heavy atom. The lowest BCUT2D eigenvalue weighted by atomic mass is 9.90. The van der Waals surface area contributed by atoms with Gasteiger partial charge in [0.05, 0.1) is 18.9 Å². The number of nitrogens with one attached hydrogen (secondary N) is 1. The second-order valence-electron chi connectivity index (χ2n) is 7.60. The lowest BCUT2D eigenvalue weighted by molar-refractivity contribution is -0.125. The first-order valence-corrected chi connectivity index (χ1v) is 10.9. The zero-order valence-electron chi connectivity index (χ0n) is 15.5. The molecule has 7 heteroatoms. The van der Waals surface area contributed by atoms with Crippen LogP contribution in [0.5, 0.6) is 0 Å². The molecule has 3 heterocycles. The van der Waals surface area contributed by atoms with Crippen LogP contribution in [-0.4, -0.2) is 68.3 Å². The second kappa shape index (κ2) is 8.67. The maximum atomic E-state index is 12.6. The zero-order chi connectivity index (χ0) is 17.8. The summed E-state index contributed by atoms with van der Waals surface area (Å²) < 4.78 is 5.43. The molecule has 2 saturated heterocycles. The summed E-state index contributed by atoms with van der Waals surface area (Å²) in [6, 6.07) is 0. The first-order chi connectivity index (χ1) is 12.8. The van der Waals surface area contributed by atoms with Crippen molar-refractivity contribution in [2.75, 3.05) is 57.4 Å². The number of morpholine rings is 1. The van der Waals surface area contributed by atoms with Crippen LogP contribution < -0.4 is 10.2 Å². The van der Waals surface area contributed by atoms with Crippen LogP contribution in [0.25, 0.3) is 0 Å². The van der Waals surface area contributed by atoms with Gasteiger partial charge < -0.3 is 19.9 Å². The molecule has 3 aliphatic rings. The molecule has 2 aliphatic heterocycles. The molecule has 2 fully saturated rings. The molecule has 1 aliphatic carbocycles. The van der Waals surface area contributed by atoms with Crippen LogP contribution >= 0.6 is 11.3 Å². The van der Waals surface area contributed by atoms with Crippen LogP contribution in [0.1, 0.15) is 36.3 Å². The molecule has 144 valence electrons. The van der Waals surface area contributed by atoms with Gasteiger partial charge in [-0.25, -0.2) is 4.98 Å². The molecule has 0 saturated carbocycles. The number of rotatable bonds is 5. The summed E-state index contributed by atoms with van der Waals surface area (Å²) in [4.78, 5) is 23.6.